The Morgan fingerprint density at radius 3 is 2.70 bits per heavy atom. The van der Waals surface area contributed by atoms with Crippen LogP contribution in [-0.4, -0.2) is 52.2 Å². The molecule has 2 rings (SSSR count). The molecule has 0 N–H and O–H groups in total. The van der Waals surface area contributed by atoms with Gasteiger partial charge in [-0.3, -0.25) is 14.6 Å². The van der Waals surface area contributed by atoms with Crippen molar-refractivity contribution in [2.45, 2.75) is 13.3 Å². The molecule has 27 heavy (non-hydrogen) atoms. The number of carbonyl (C=O) groups is 2. The van der Waals surface area contributed by atoms with Crippen LogP contribution in [0.5, 0.6) is 0 Å². The van der Waals surface area contributed by atoms with Crippen molar-refractivity contribution in [3.05, 3.63) is 29.7 Å². The minimum Gasteiger partial charge on any atom is -0.301 e. The Hall–Kier alpha value is -1.09. The fourth-order valence-electron chi connectivity index (χ4n) is 2.51. The van der Waals surface area contributed by atoms with E-state index in [0.29, 0.717) is 28.7 Å². The van der Waals surface area contributed by atoms with Gasteiger partial charge >= 0.3 is 0 Å². The van der Waals surface area contributed by atoms with E-state index in [1.54, 1.807) is 29.1 Å². The van der Waals surface area contributed by atoms with E-state index in [1.807, 2.05) is 31.6 Å². The summed E-state index contributed by atoms with van der Waals surface area (Å²) in [6.07, 6.45) is 7.65. The van der Waals surface area contributed by atoms with Crippen molar-refractivity contribution in [3.63, 3.8) is 0 Å². The lowest BCUT2D eigenvalue weighted by Crippen LogP contribution is -2.40. The van der Waals surface area contributed by atoms with Crippen LogP contribution in [0.15, 0.2) is 24.5 Å². The number of nitrogens with zero attached hydrogens (tertiary/aromatic N) is 3. The lowest BCUT2D eigenvalue weighted by Gasteiger charge is -2.24. The Labute approximate surface area is 177 Å². The van der Waals surface area contributed by atoms with Crippen molar-refractivity contribution in [3.8, 4) is 10.6 Å². The third-order valence-corrected chi connectivity index (χ3v) is 6.66. The van der Waals surface area contributed by atoms with Gasteiger partial charge in [0.2, 0.25) is 5.91 Å². The second-order valence-electron chi connectivity index (χ2n) is 5.66. The standard InChI is InChI=1S/C18H22ClN3O2S3/c1-4-22(17(24)13(11-26-3)14(23)7-9-25-2)18-15(19)21-16(27-18)12-6-5-8-20-10-12/h5-6,8,10,13H,4,7,9,11H2,1-3H3. The number of hydrogen-bond acceptors (Lipinski definition) is 7. The SMILES string of the molecule is CCN(C(=O)C(CSC)C(=O)CCSC)c1sc(-c2cccnc2)nc1Cl. The van der Waals surface area contributed by atoms with Crippen LogP contribution in [0.25, 0.3) is 10.6 Å². The van der Waals surface area contributed by atoms with Gasteiger partial charge in [0.05, 0.1) is 0 Å². The zero-order chi connectivity index (χ0) is 19.8. The van der Waals surface area contributed by atoms with Crippen molar-refractivity contribution in [2.24, 2.45) is 5.92 Å². The summed E-state index contributed by atoms with van der Waals surface area (Å²) in [7, 11) is 0. The third kappa shape index (κ3) is 5.70. The molecule has 0 aliphatic rings. The van der Waals surface area contributed by atoms with E-state index in [2.05, 4.69) is 9.97 Å². The second-order valence-corrected chi connectivity index (χ2v) is 8.89. The lowest BCUT2D eigenvalue weighted by atomic mass is 10.0. The zero-order valence-electron chi connectivity index (χ0n) is 15.5. The van der Waals surface area contributed by atoms with Gasteiger partial charge < -0.3 is 4.90 Å². The van der Waals surface area contributed by atoms with Crippen LogP contribution in [0, 0.1) is 5.92 Å². The number of rotatable bonds is 10. The fourth-order valence-corrected chi connectivity index (χ4v) is 4.94. The smallest absolute Gasteiger partial charge is 0.239 e. The molecule has 1 unspecified atom stereocenters. The summed E-state index contributed by atoms with van der Waals surface area (Å²) in [6.45, 7) is 2.30. The van der Waals surface area contributed by atoms with Gasteiger partial charge in [0.1, 0.15) is 21.7 Å². The van der Waals surface area contributed by atoms with E-state index < -0.39 is 5.92 Å². The quantitative estimate of drug-likeness (QED) is 0.503. The van der Waals surface area contributed by atoms with Crippen molar-refractivity contribution in [2.75, 3.05) is 35.5 Å². The Morgan fingerprint density at radius 2 is 2.11 bits per heavy atom. The highest BCUT2D eigenvalue weighted by Crippen LogP contribution is 2.38. The maximum absolute atomic E-state index is 13.2. The van der Waals surface area contributed by atoms with Gasteiger partial charge in [-0.15, -0.1) is 0 Å². The highest BCUT2D eigenvalue weighted by molar-refractivity contribution is 7.98. The molecule has 0 aliphatic heterocycles. The van der Waals surface area contributed by atoms with Crippen LogP contribution < -0.4 is 4.90 Å². The van der Waals surface area contributed by atoms with Gasteiger partial charge in [-0.2, -0.15) is 23.5 Å². The number of amides is 1. The molecule has 9 heteroatoms. The molecule has 5 nitrogen and oxygen atoms in total. The van der Waals surface area contributed by atoms with Crippen LogP contribution in [-0.2, 0) is 9.59 Å². The normalized spacial score (nSPS) is 12.0. The molecule has 0 fully saturated rings. The number of halogens is 1. The highest BCUT2D eigenvalue weighted by Gasteiger charge is 2.32. The molecule has 2 aromatic heterocycles. The van der Waals surface area contributed by atoms with Crippen molar-refractivity contribution >= 4 is 63.2 Å². The molecule has 0 saturated heterocycles. The summed E-state index contributed by atoms with van der Waals surface area (Å²) < 4.78 is 0. The van der Waals surface area contributed by atoms with Crippen LogP contribution in [0.1, 0.15) is 13.3 Å². The monoisotopic (exact) mass is 443 g/mol. The highest BCUT2D eigenvalue weighted by atomic mass is 35.5. The minimum absolute atomic E-state index is 0.0183. The molecule has 2 heterocycles. The summed E-state index contributed by atoms with van der Waals surface area (Å²) >= 11 is 10.8. The van der Waals surface area contributed by atoms with E-state index in [1.165, 1.54) is 23.1 Å². The second kappa shape index (κ2) is 11.0. The van der Waals surface area contributed by atoms with E-state index in [4.69, 9.17) is 11.6 Å². The van der Waals surface area contributed by atoms with Crippen molar-refractivity contribution < 1.29 is 9.59 Å². The number of aromatic nitrogens is 2. The molecule has 1 amide bonds. The largest absolute Gasteiger partial charge is 0.301 e. The van der Waals surface area contributed by atoms with E-state index in [0.717, 1.165) is 11.3 Å². The predicted octanol–water partition coefficient (Wildman–Crippen LogP) is 4.51. The van der Waals surface area contributed by atoms with Gasteiger partial charge in [0.25, 0.3) is 0 Å². The molecular weight excluding hydrogens is 422 g/mol. The average molecular weight is 444 g/mol. The summed E-state index contributed by atoms with van der Waals surface area (Å²) in [5.74, 6) is 0.299. The maximum atomic E-state index is 13.2. The number of pyridine rings is 1. The predicted molar refractivity (Wildman–Crippen MR) is 118 cm³/mol. The molecular formula is C18H22ClN3O2S3. The molecule has 0 spiro atoms. The number of ketones is 1. The van der Waals surface area contributed by atoms with Gasteiger partial charge in [-0.25, -0.2) is 4.98 Å². The van der Waals surface area contributed by atoms with Gasteiger partial charge in [0, 0.05) is 36.7 Å². The number of carbonyl (C=O) groups excluding carboxylic acids is 2. The summed E-state index contributed by atoms with van der Waals surface area (Å²) in [5, 5.41) is 1.55. The summed E-state index contributed by atoms with van der Waals surface area (Å²) in [4.78, 5) is 35.8. The Morgan fingerprint density at radius 1 is 1.33 bits per heavy atom. The van der Waals surface area contributed by atoms with E-state index in [-0.39, 0.29) is 16.8 Å². The van der Waals surface area contributed by atoms with Gasteiger partial charge in [0.15, 0.2) is 5.15 Å². The first-order valence-corrected chi connectivity index (χ1v) is 12.4. The van der Waals surface area contributed by atoms with Crippen LogP contribution in [0.3, 0.4) is 0 Å². The van der Waals surface area contributed by atoms with Crippen LogP contribution >= 0.6 is 46.5 Å². The van der Waals surface area contributed by atoms with Crippen molar-refractivity contribution in [1.29, 1.82) is 0 Å². The maximum Gasteiger partial charge on any atom is 0.239 e. The van der Waals surface area contributed by atoms with E-state index in [9.17, 15) is 9.59 Å². The molecule has 0 aromatic carbocycles. The number of anilines is 1. The Balaban J connectivity index is 2.30. The number of hydrogen-bond donors (Lipinski definition) is 0. The van der Waals surface area contributed by atoms with Crippen molar-refractivity contribution in [1.82, 2.24) is 9.97 Å². The lowest BCUT2D eigenvalue weighted by molar-refractivity contribution is -0.131. The first-order valence-electron chi connectivity index (χ1n) is 8.42. The average Bonchev–Trinajstić information content (AvgIpc) is 3.07. The molecule has 146 valence electrons. The summed E-state index contributed by atoms with van der Waals surface area (Å²) in [6, 6.07) is 3.72. The molecule has 0 aliphatic carbocycles. The first-order chi connectivity index (χ1) is 13.0. The molecule has 0 radical (unpaired) electrons. The zero-order valence-corrected chi connectivity index (χ0v) is 18.7. The molecule has 1 atom stereocenters. The van der Waals surface area contributed by atoms with Crippen LogP contribution in [0.4, 0.5) is 5.00 Å². The third-order valence-electron chi connectivity index (χ3n) is 3.88. The minimum atomic E-state index is -0.660. The van der Waals surface area contributed by atoms with E-state index >= 15 is 0 Å². The van der Waals surface area contributed by atoms with Gasteiger partial charge in [-0.05, 0) is 37.3 Å². The number of Topliss-reactive ketones (excluding diaryl/α,β-unsaturated/α-hetero) is 1. The molecule has 0 saturated carbocycles. The molecule has 2 aromatic rings. The summed E-state index contributed by atoms with van der Waals surface area (Å²) in [5.41, 5.74) is 0.843. The topological polar surface area (TPSA) is 63.2 Å². The Kier molecular flexibility index (Phi) is 9.08. The van der Waals surface area contributed by atoms with Crippen LogP contribution in [0.2, 0.25) is 5.15 Å². The Bertz CT molecular complexity index is 770. The molecule has 0 bridgehead atoms. The van der Waals surface area contributed by atoms with Gasteiger partial charge in [-0.1, -0.05) is 22.9 Å². The number of thiazole rings is 1. The first kappa shape index (κ1) is 22.2. The fraction of sp³-hybridized carbons (Fsp3) is 0.444. The number of thioether (sulfide) groups is 2.